The third kappa shape index (κ3) is 10.2. The van der Waals surface area contributed by atoms with Crippen molar-refractivity contribution in [3.63, 3.8) is 0 Å². The molecule has 0 bridgehead atoms. The lowest BCUT2D eigenvalue weighted by Crippen LogP contribution is -2.22. The number of nitrogens with one attached hydrogen (secondary N) is 4. The van der Waals surface area contributed by atoms with Crippen LogP contribution in [0.4, 0.5) is 34.6 Å². The molecule has 3 aromatic heterocycles. The summed E-state index contributed by atoms with van der Waals surface area (Å²) in [6.07, 6.45) is 2.75. The molecule has 1 amide bonds. The number of nitrogens with zero attached hydrogens (tertiary/aromatic N) is 7. The van der Waals surface area contributed by atoms with Gasteiger partial charge in [0.1, 0.15) is 29.6 Å². The zero-order valence-electron chi connectivity index (χ0n) is 38.6. The van der Waals surface area contributed by atoms with Crippen LogP contribution < -0.4 is 39.0 Å². The molecule has 0 radical (unpaired) electrons. The number of fused-ring (bicyclic) bond motifs is 2. The van der Waals surface area contributed by atoms with Gasteiger partial charge in [0, 0.05) is 45.0 Å². The molecule has 69 heavy (non-hydrogen) atoms. The number of ether oxygens (including phenoxy) is 4. The smallest absolute Gasteiger partial charge is 0.282 e. The molecule has 0 aliphatic rings. The number of methoxy groups -OCH3 is 3. The molecule has 0 saturated heterocycles. The first kappa shape index (κ1) is 47.3. The summed E-state index contributed by atoms with van der Waals surface area (Å²) in [6.45, 7) is 3.73. The molecule has 0 atom stereocenters. The number of carbonyl (C=O) groups is 1. The van der Waals surface area contributed by atoms with Gasteiger partial charge in [0.25, 0.3) is 26.0 Å². The number of anilines is 6. The molecule has 356 valence electrons. The summed E-state index contributed by atoms with van der Waals surface area (Å²) >= 11 is 0. The maximum atomic E-state index is 13.8. The average molecular weight is 974 g/mol. The Morgan fingerprint density at radius 2 is 1.17 bits per heavy atom. The van der Waals surface area contributed by atoms with Crippen LogP contribution in [0.3, 0.4) is 0 Å². The molecule has 0 aliphatic heterocycles. The van der Waals surface area contributed by atoms with Gasteiger partial charge in [0.2, 0.25) is 0 Å². The molecule has 3 heterocycles. The molecule has 0 unspecified atom stereocenters. The summed E-state index contributed by atoms with van der Waals surface area (Å²) in [4.78, 5) is 36.7. The van der Waals surface area contributed by atoms with Gasteiger partial charge in [-0.3, -0.25) is 14.2 Å². The van der Waals surface area contributed by atoms with Crippen LogP contribution in [-0.2, 0) is 33.7 Å². The standard InChI is InChI=1S/C47H47N11O9S2/c1-27-19-31(64-6)22-38(41(27)65-7)53-44-46(56-69(62,63)40-24-58(5)26-48-40)51-36-18-13-29(21-37(36)52-44)25-67-32-20-28(2)42(66-8)39(23-32)54-43-45(50-35-12-10-9-11-34(35)49-43)55-68(60,61)33-16-14-30(15-17-33)47(59)57(3)4/h9-24,26H,25H2,1-8H3,(H,49,54)(H,50,55)(H,51,56)(H,52,53). The van der Waals surface area contributed by atoms with Gasteiger partial charge in [-0.1, -0.05) is 18.2 Å². The monoisotopic (exact) mass is 973 g/mol. The molecule has 0 aliphatic carbocycles. The second-order valence-corrected chi connectivity index (χ2v) is 19.2. The van der Waals surface area contributed by atoms with E-state index in [1.54, 1.807) is 87.9 Å². The van der Waals surface area contributed by atoms with E-state index in [4.69, 9.17) is 28.9 Å². The normalized spacial score (nSPS) is 11.5. The highest BCUT2D eigenvalue weighted by molar-refractivity contribution is 7.93. The number of aromatic nitrogens is 6. The number of rotatable bonds is 17. The lowest BCUT2D eigenvalue weighted by molar-refractivity contribution is 0.0827. The predicted octanol–water partition coefficient (Wildman–Crippen LogP) is 7.32. The fourth-order valence-corrected chi connectivity index (χ4v) is 9.27. The average Bonchev–Trinajstić information content (AvgIpc) is 3.78. The second kappa shape index (κ2) is 19.2. The summed E-state index contributed by atoms with van der Waals surface area (Å²) < 4.78 is 84.6. The quantitative estimate of drug-likeness (QED) is 0.0698. The highest BCUT2D eigenvalue weighted by atomic mass is 32.2. The van der Waals surface area contributed by atoms with Crippen molar-refractivity contribution in [2.75, 3.05) is 55.5 Å². The highest BCUT2D eigenvalue weighted by Crippen LogP contribution is 2.39. The maximum Gasteiger partial charge on any atom is 0.282 e. The summed E-state index contributed by atoms with van der Waals surface area (Å²) in [5, 5.41) is 6.22. The number of sulfonamides is 2. The number of amides is 1. The van der Waals surface area contributed by atoms with E-state index in [1.165, 1.54) is 67.6 Å². The Kier molecular flexibility index (Phi) is 13.1. The third-order valence-corrected chi connectivity index (χ3v) is 13.2. The Morgan fingerprint density at radius 1 is 0.638 bits per heavy atom. The van der Waals surface area contributed by atoms with E-state index < -0.39 is 20.0 Å². The van der Waals surface area contributed by atoms with Crippen LogP contribution in [0.15, 0.2) is 113 Å². The summed E-state index contributed by atoms with van der Waals surface area (Å²) in [6, 6.07) is 24.8. The van der Waals surface area contributed by atoms with Crippen LogP contribution in [0, 0.1) is 13.8 Å². The predicted molar refractivity (Wildman–Crippen MR) is 261 cm³/mol. The maximum absolute atomic E-state index is 13.8. The zero-order chi connectivity index (χ0) is 49.2. The molecule has 8 aromatic rings. The van der Waals surface area contributed by atoms with Gasteiger partial charge >= 0.3 is 0 Å². The van der Waals surface area contributed by atoms with Crippen molar-refractivity contribution in [2.24, 2.45) is 7.05 Å². The lowest BCUT2D eigenvalue weighted by atomic mass is 10.1. The first-order chi connectivity index (χ1) is 32.9. The van der Waals surface area contributed by atoms with E-state index in [9.17, 15) is 21.6 Å². The number of hydrogen-bond acceptors (Lipinski definition) is 16. The first-order valence-corrected chi connectivity index (χ1v) is 23.9. The number of carbonyl (C=O) groups excluding carboxylic acids is 1. The molecule has 0 saturated carbocycles. The number of para-hydroxylation sites is 2. The van der Waals surface area contributed by atoms with Crippen LogP contribution in [0.2, 0.25) is 0 Å². The van der Waals surface area contributed by atoms with Crippen molar-refractivity contribution < 1.29 is 40.6 Å². The highest BCUT2D eigenvalue weighted by Gasteiger charge is 2.24. The van der Waals surface area contributed by atoms with E-state index >= 15 is 0 Å². The Balaban J connectivity index is 1.10. The van der Waals surface area contributed by atoms with Gasteiger partial charge in [-0.25, -0.2) is 33.3 Å². The molecule has 5 aromatic carbocycles. The first-order valence-electron chi connectivity index (χ1n) is 21.0. The van der Waals surface area contributed by atoms with E-state index in [0.717, 1.165) is 5.56 Å². The Morgan fingerprint density at radius 3 is 1.72 bits per heavy atom. The van der Waals surface area contributed by atoms with Gasteiger partial charge in [0.15, 0.2) is 28.3 Å². The molecular weight excluding hydrogens is 927 g/mol. The van der Waals surface area contributed by atoms with E-state index in [-0.39, 0.29) is 45.7 Å². The fraction of sp³-hybridized carbons (Fsp3) is 0.191. The SMILES string of the molecule is COc1cc(C)c(OC)c(Nc2nc3cc(COc4cc(C)c(OC)c(Nc5nc6ccccc6nc5NS(=O)(=O)c5ccc(C(=O)N(C)C)cc5)c4)ccc3nc2NS(=O)(=O)c2cn(C)cn2)c1. The van der Waals surface area contributed by atoms with E-state index in [2.05, 4.69) is 35.0 Å². The van der Waals surface area contributed by atoms with Gasteiger partial charge < -0.3 is 39.0 Å². The molecule has 0 spiro atoms. The summed E-state index contributed by atoms with van der Waals surface area (Å²) in [5.41, 5.74) is 5.02. The number of aryl methyl sites for hydroxylation is 3. The minimum absolute atomic E-state index is 0.0578. The van der Waals surface area contributed by atoms with Crippen molar-refractivity contribution >= 4 is 82.7 Å². The van der Waals surface area contributed by atoms with E-state index in [0.29, 0.717) is 73.1 Å². The Hall–Kier alpha value is -8.24. The fourth-order valence-electron chi connectivity index (χ4n) is 7.27. The number of imidazole rings is 1. The minimum atomic E-state index is -4.23. The molecular formula is C47H47N11O9S2. The third-order valence-electron chi connectivity index (χ3n) is 10.6. The number of hydrogen-bond donors (Lipinski definition) is 4. The van der Waals surface area contributed by atoms with Crippen LogP contribution in [0.1, 0.15) is 27.0 Å². The second-order valence-electron chi connectivity index (χ2n) is 15.9. The molecule has 22 heteroatoms. The van der Waals surface area contributed by atoms with Crippen LogP contribution >= 0.6 is 0 Å². The van der Waals surface area contributed by atoms with Crippen LogP contribution in [0.5, 0.6) is 23.0 Å². The van der Waals surface area contributed by atoms with Gasteiger partial charge in [-0.05, 0) is 91.2 Å². The lowest BCUT2D eigenvalue weighted by Gasteiger charge is -2.18. The van der Waals surface area contributed by atoms with Crippen molar-refractivity contribution in [3.05, 3.63) is 126 Å². The van der Waals surface area contributed by atoms with Gasteiger partial charge in [0.05, 0.1) is 66.0 Å². The van der Waals surface area contributed by atoms with Crippen molar-refractivity contribution in [1.82, 2.24) is 34.4 Å². The molecule has 8 rings (SSSR count). The summed E-state index contributed by atoms with van der Waals surface area (Å²) in [7, 11) is 1.02. The topological polar surface area (TPSA) is 243 Å². The zero-order valence-corrected chi connectivity index (χ0v) is 40.3. The molecule has 20 nitrogen and oxygen atoms in total. The molecule has 0 fully saturated rings. The van der Waals surface area contributed by atoms with Crippen molar-refractivity contribution in [3.8, 4) is 23.0 Å². The number of benzene rings is 5. The largest absolute Gasteiger partial charge is 0.497 e. The minimum Gasteiger partial charge on any atom is -0.497 e. The molecule has 4 N–H and O–H groups in total. The van der Waals surface area contributed by atoms with Gasteiger partial charge in [-0.15, -0.1) is 0 Å². The van der Waals surface area contributed by atoms with Crippen LogP contribution in [-0.4, -0.2) is 92.6 Å². The Bertz CT molecular complexity index is 3500. The van der Waals surface area contributed by atoms with Crippen molar-refractivity contribution in [1.29, 1.82) is 0 Å². The van der Waals surface area contributed by atoms with Crippen molar-refractivity contribution in [2.45, 2.75) is 30.4 Å². The Labute approximate surface area is 397 Å². The van der Waals surface area contributed by atoms with Crippen LogP contribution in [0.25, 0.3) is 22.1 Å². The summed E-state index contributed by atoms with van der Waals surface area (Å²) in [5.74, 6) is 1.56. The van der Waals surface area contributed by atoms with Gasteiger partial charge in [-0.2, -0.15) is 8.42 Å². The van der Waals surface area contributed by atoms with E-state index in [1.807, 2.05) is 13.8 Å².